The lowest BCUT2D eigenvalue weighted by atomic mass is 9.98. The molecule has 1 aliphatic heterocycles. The van der Waals surface area contributed by atoms with E-state index in [1.807, 2.05) is 18.3 Å². The first-order valence-electron chi connectivity index (χ1n) is 6.71. The van der Waals surface area contributed by atoms with E-state index in [9.17, 15) is 0 Å². The minimum Gasteiger partial charge on any atom is -0.384 e. The SMILES string of the molecule is c1ccc2ncc(NCC3CCNCC3)cc2c1. The summed E-state index contributed by atoms with van der Waals surface area (Å²) in [6.45, 7) is 3.37. The Kier molecular flexibility index (Phi) is 3.42. The van der Waals surface area contributed by atoms with Gasteiger partial charge in [-0.15, -0.1) is 0 Å². The average Bonchev–Trinajstić information content (AvgIpc) is 2.46. The lowest BCUT2D eigenvalue weighted by Gasteiger charge is -2.23. The van der Waals surface area contributed by atoms with Gasteiger partial charge in [-0.3, -0.25) is 4.98 Å². The molecule has 2 N–H and O–H groups in total. The molecule has 1 fully saturated rings. The summed E-state index contributed by atoms with van der Waals surface area (Å²) in [6, 6.07) is 10.4. The third-order valence-corrected chi connectivity index (χ3v) is 3.64. The maximum Gasteiger partial charge on any atom is 0.0703 e. The Morgan fingerprint density at radius 2 is 2.06 bits per heavy atom. The minimum absolute atomic E-state index is 0.790. The van der Waals surface area contributed by atoms with E-state index in [0.29, 0.717) is 0 Å². The van der Waals surface area contributed by atoms with Crippen LogP contribution in [0.15, 0.2) is 36.5 Å². The molecule has 0 spiro atoms. The molecule has 1 saturated heterocycles. The van der Waals surface area contributed by atoms with Crippen molar-refractivity contribution in [2.75, 3.05) is 25.0 Å². The van der Waals surface area contributed by atoms with Crippen LogP contribution in [0.3, 0.4) is 0 Å². The summed E-state index contributed by atoms with van der Waals surface area (Å²) in [7, 11) is 0. The van der Waals surface area contributed by atoms with Gasteiger partial charge in [0.15, 0.2) is 0 Å². The summed E-state index contributed by atoms with van der Waals surface area (Å²) in [5.74, 6) is 0.790. The number of aromatic nitrogens is 1. The van der Waals surface area contributed by atoms with Crippen molar-refractivity contribution in [3.8, 4) is 0 Å². The van der Waals surface area contributed by atoms with Crippen LogP contribution in [-0.2, 0) is 0 Å². The number of anilines is 1. The molecule has 94 valence electrons. The number of hydrogen-bond donors (Lipinski definition) is 2. The van der Waals surface area contributed by atoms with Crippen LogP contribution in [0.25, 0.3) is 10.9 Å². The molecule has 0 aliphatic carbocycles. The van der Waals surface area contributed by atoms with Crippen LogP contribution in [0.5, 0.6) is 0 Å². The Labute approximate surface area is 108 Å². The monoisotopic (exact) mass is 241 g/mol. The molecule has 1 aromatic heterocycles. The van der Waals surface area contributed by atoms with E-state index < -0.39 is 0 Å². The molecule has 18 heavy (non-hydrogen) atoms. The van der Waals surface area contributed by atoms with Crippen LogP contribution in [0.4, 0.5) is 5.69 Å². The summed E-state index contributed by atoms with van der Waals surface area (Å²) in [5.41, 5.74) is 2.19. The number of fused-ring (bicyclic) bond motifs is 1. The van der Waals surface area contributed by atoms with Gasteiger partial charge in [-0.1, -0.05) is 18.2 Å². The number of para-hydroxylation sites is 1. The molecule has 3 rings (SSSR count). The van der Waals surface area contributed by atoms with E-state index in [4.69, 9.17) is 0 Å². The number of rotatable bonds is 3. The number of hydrogen-bond acceptors (Lipinski definition) is 3. The van der Waals surface area contributed by atoms with Crippen molar-refractivity contribution >= 4 is 16.6 Å². The molecule has 1 aromatic carbocycles. The number of nitrogens with one attached hydrogen (secondary N) is 2. The maximum atomic E-state index is 4.47. The van der Waals surface area contributed by atoms with Gasteiger partial charge in [-0.25, -0.2) is 0 Å². The molecule has 0 radical (unpaired) electrons. The molecule has 2 heterocycles. The van der Waals surface area contributed by atoms with E-state index >= 15 is 0 Å². The number of piperidine rings is 1. The largest absolute Gasteiger partial charge is 0.384 e. The van der Waals surface area contributed by atoms with Crippen LogP contribution in [0.2, 0.25) is 0 Å². The predicted octanol–water partition coefficient (Wildman–Crippen LogP) is 2.65. The molecule has 0 amide bonds. The topological polar surface area (TPSA) is 37.0 Å². The first-order chi connectivity index (χ1) is 8.92. The zero-order valence-electron chi connectivity index (χ0n) is 10.5. The zero-order valence-corrected chi connectivity index (χ0v) is 10.5. The summed E-state index contributed by atoms with van der Waals surface area (Å²) in [6.07, 6.45) is 4.48. The Morgan fingerprint density at radius 1 is 1.22 bits per heavy atom. The fourth-order valence-electron chi connectivity index (χ4n) is 2.52. The number of pyridine rings is 1. The normalized spacial score (nSPS) is 16.9. The standard InChI is InChI=1S/C15H19N3/c1-2-4-15-13(3-1)9-14(11-18-15)17-10-12-5-7-16-8-6-12/h1-4,9,11-12,16-17H,5-8,10H2. The van der Waals surface area contributed by atoms with Crippen molar-refractivity contribution in [3.63, 3.8) is 0 Å². The molecule has 0 bridgehead atoms. The van der Waals surface area contributed by atoms with Gasteiger partial charge in [-0.05, 0) is 44.0 Å². The molecule has 1 aliphatic rings. The molecular weight excluding hydrogens is 222 g/mol. The first kappa shape index (κ1) is 11.5. The molecule has 0 saturated carbocycles. The highest BCUT2D eigenvalue weighted by Crippen LogP contribution is 2.18. The Bertz CT molecular complexity index is 518. The van der Waals surface area contributed by atoms with E-state index in [2.05, 4.69) is 33.8 Å². The lowest BCUT2D eigenvalue weighted by molar-refractivity contribution is 0.390. The summed E-state index contributed by atoms with van der Waals surface area (Å²) in [4.78, 5) is 4.47. The van der Waals surface area contributed by atoms with Gasteiger partial charge >= 0.3 is 0 Å². The van der Waals surface area contributed by atoms with E-state index in [1.54, 1.807) is 0 Å². The highest BCUT2D eigenvalue weighted by atomic mass is 14.9. The van der Waals surface area contributed by atoms with Crippen LogP contribution in [0, 0.1) is 5.92 Å². The van der Waals surface area contributed by atoms with Crippen LogP contribution in [-0.4, -0.2) is 24.6 Å². The summed E-state index contributed by atoms with van der Waals surface area (Å²) in [5, 5.41) is 8.11. The van der Waals surface area contributed by atoms with E-state index in [1.165, 1.54) is 18.2 Å². The van der Waals surface area contributed by atoms with Crippen molar-refractivity contribution in [2.24, 2.45) is 5.92 Å². The molecule has 3 nitrogen and oxygen atoms in total. The third-order valence-electron chi connectivity index (χ3n) is 3.64. The number of benzene rings is 1. The third kappa shape index (κ3) is 2.62. The molecule has 0 unspecified atom stereocenters. The Balaban J connectivity index is 1.66. The average molecular weight is 241 g/mol. The Hall–Kier alpha value is -1.61. The van der Waals surface area contributed by atoms with Gasteiger partial charge in [0.05, 0.1) is 17.4 Å². The fraction of sp³-hybridized carbons (Fsp3) is 0.400. The molecule has 3 heteroatoms. The zero-order chi connectivity index (χ0) is 12.2. The Morgan fingerprint density at radius 3 is 2.94 bits per heavy atom. The summed E-state index contributed by atoms with van der Waals surface area (Å²) < 4.78 is 0. The van der Waals surface area contributed by atoms with Gasteiger partial charge in [0.2, 0.25) is 0 Å². The van der Waals surface area contributed by atoms with Gasteiger partial charge in [0.1, 0.15) is 0 Å². The first-order valence-corrected chi connectivity index (χ1v) is 6.71. The van der Waals surface area contributed by atoms with Crippen LogP contribution < -0.4 is 10.6 Å². The van der Waals surface area contributed by atoms with Crippen LogP contribution >= 0.6 is 0 Å². The fourth-order valence-corrected chi connectivity index (χ4v) is 2.52. The minimum atomic E-state index is 0.790. The predicted molar refractivity (Wildman–Crippen MR) is 75.8 cm³/mol. The maximum absolute atomic E-state index is 4.47. The highest BCUT2D eigenvalue weighted by molar-refractivity contribution is 5.81. The van der Waals surface area contributed by atoms with Crippen molar-refractivity contribution < 1.29 is 0 Å². The molecular formula is C15H19N3. The van der Waals surface area contributed by atoms with Gasteiger partial charge in [0, 0.05) is 11.9 Å². The van der Waals surface area contributed by atoms with Crippen LogP contribution in [0.1, 0.15) is 12.8 Å². The number of nitrogens with zero attached hydrogens (tertiary/aromatic N) is 1. The second-order valence-electron chi connectivity index (χ2n) is 4.99. The van der Waals surface area contributed by atoms with Crippen molar-refractivity contribution in [1.82, 2.24) is 10.3 Å². The van der Waals surface area contributed by atoms with Gasteiger partial charge < -0.3 is 10.6 Å². The van der Waals surface area contributed by atoms with Crippen molar-refractivity contribution in [3.05, 3.63) is 36.5 Å². The smallest absolute Gasteiger partial charge is 0.0703 e. The quantitative estimate of drug-likeness (QED) is 0.867. The second-order valence-corrected chi connectivity index (χ2v) is 4.99. The summed E-state index contributed by atoms with van der Waals surface area (Å²) >= 11 is 0. The van der Waals surface area contributed by atoms with E-state index in [-0.39, 0.29) is 0 Å². The van der Waals surface area contributed by atoms with E-state index in [0.717, 1.165) is 36.8 Å². The highest BCUT2D eigenvalue weighted by Gasteiger charge is 2.12. The van der Waals surface area contributed by atoms with Crippen molar-refractivity contribution in [1.29, 1.82) is 0 Å². The second kappa shape index (κ2) is 5.36. The van der Waals surface area contributed by atoms with Gasteiger partial charge in [-0.2, -0.15) is 0 Å². The molecule has 0 atom stereocenters. The lowest BCUT2D eigenvalue weighted by Crippen LogP contribution is -2.31. The van der Waals surface area contributed by atoms with Crippen molar-refractivity contribution in [2.45, 2.75) is 12.8 Å². The molecule has 2 aromatic rings. The van der Waals surface area contributed by atoms with Gasteiger partial charge in [0.25, 0.3) is 0 Å².